The van der Waals surface area contributed by atoms with Crippen LogP contribution in [-0.2, 0) is 11.3 Å². The zero-order valence-electron chi connectivity index (χ0n) is 15.8. The molecule has 0 saturated carbocycles. The molecule has 0 fully saturated rings. The van der Waals surface area contributed by atoms with E-state index in [-0.39, 0.29) is 28.6 Å². The fourth-order valence-corrected chi connectivity index (χ4v) is 3.36. The molecule has 3 aromatic rings. The monoisotopic (exact) mass is 435 g/mol. The predicted octanol–water partition coefficient (Wildman–Crippen LogP) is 4.75. The minimum absolute atomic E-state index is 0.0784. The quantitative estimate of drug-likeness (QED) is 0.475. The van der Waals surface area contributed by atoms with Gasteiger partial charge in [0.1, 0.15) is 11.6 Å². The third-order valence-electron chi connectivity index (χ3n) is 3.95. The second-order valence-electron chi connectivity index (χ2n) is 6.29. The minimum atomic E-state index is -0.511. The van der Waals surface area contributed by atoms with Crippen LogP contribution in [0.3, 0.4) is 0 Å². The van der Waals surface area contributed by atoms with Crippen molar-refractivity contribution >= 4 is 29.3 Å². The van der Waals surface area contributed by atoms with E-state index in [1.54, 1.807) is 24.9 Å². The van der Waals surface area contributed by atoms with E-state index in [2.05, 4.69) is 10.2 Å². The van der Waals surface area contributed by atoms with Crippen molar-refractivity contribution in [3.05, 3.63) is 70.8 Å². The standard InChI is InChI=1S/C20H19ClFN3O3S/c1-13(27-17-8-6-16(22)7-9-17)19-23-24-20(28-19)29-12-18(26)25(2)11-14-4-3-5-15(21)10-14/h3-10,13H,11-12H2,1-2H3. The van der Waals surface area contributed by atoms with Gasteiger partial charge in [-0.2, -0.15) is 0 Å². The first-order valence-electron chi connectivity index (χ1n) is 8.77. The third kappa shape index (κ3) is 6.20. The van der Waals surface area contributed by atoms with Crippen molar-refractivity contribution in [3.8, 4) is 5.75 Å². The fraction of sp³-hybridized carbons (Fsp3) is 0.250. The molecule has 9 heteroatoms. The Bertz CT molecular complexity index is 968. The van der Waals surface area contributed by atoms with Crippen LogP contribution in [0.4, 0.5) is 4.39 Å². The summed E-state index contributed by atoms with van der Waals surface area (Å²) in [7, 11) is 1.72. The van der Waals surface area contributed by atoms with E-state index in [9.17, 15) is 9.18 Å². The minimum Gasteiger partial charge on any atom is -0.481 e. The van der Waals surface area contributed by atoms with E-state index in [4.69, 9.17) is 20.8 Å². The van der Waals surface area contributed by atoms with Crippen molar-refractivity contribution in [1.29, 1.82) is 0 Å². The van der Waals surface area contributed by atoms with Gasteiger partial charge >= 0.3 is 0 Å². The van der Waals surface area contributed by atoms with Gasteiger partial charge in [-0.3, -0.25) is 4.79 Å². The maximum atomic E-state index is 13.0. The summed E-state index contributed by atoms with van der Waals surface area (Å²) in [6, 6.07) is 13.0. The zero-order chi connectivity index (χ0) is 20.8. The normalized spacial score (nSPS) is 11.9. The molecular formula is C20H19ClFN3O3S. The zero-order valence-corrected chi connectivity index (χ0v) is 17.4. The van der Waals surface area contributed by atoms with Gasteiger partial charge in [-0.15, -0.1) is 10.2 Å². The maximum Gasteiger partial charge on any atom is 0.277 e. The third-order valence-corrected chi connectivity index (χ3v) is 4.99. The number of hydrogen-bond acceptors (Lipinski definition) is 6. The number of nitrogens with zero attached hydrogens (tertiary/aromatic N) is 3. The summed E-state index contributed by atoms with van der Waals surface area (Å²) < 4.78 is 24.2. The Morgan fingerprint density at radius 1 is 1.28 bits per heavy atom. The first-order valence-corrected chi connectivity index (χ1v) is 10.1. The highest BCUT2D eigenvalue weighted by Crippen LogP contribution is 2.24. The smallest absolute Gasteiger partial charge is 0.277 e. The lowest BCUT2D eigenvalue weighted by atomic mass is 10.2. The van der Waals surface area contributed by atoms with Gasteiger partial charge in [0.15, 0.2) is 6.10 Å². The van der Waals surface area contributed by atoms with Gasteiger partial charge in [-0.05, 0) is 48.9 Å². The van der Waals surface area contributed by atoms with Gasteiger partial charge < -0.3 is 14.1 Å². The largest absolute Gasteiger partial charge is 0.481 e. The molecule has 0 aliphatic carbocycles. The van der Waals surface area contributed by atoms with Crippen LogP contribution in [0.2, 0.25) is 5.02 Å². The maximum absolute atomic E-state index is 13.0. The Morgan fingerprint density at radius 2 is 2.03 bits per heavy atom. The number of rotatable bonds is 8. The molecule has 152 valence electrons. The molecule has 1 aromatic heterocycles. The molecule has 0 bridgehead atoms. The van der Waals surface area contributed by atoms with Crippen LogP contribution in [0.25, 0.3) is 0 Å². The highest BCUT2D eigenvalue weighted by atomic mass is 35.5. The van der Waals surface area contributed by atoms with Gasteiger partial charge in [0.2, 0.25) is 5.91 Å². The van der Waals surface area contributed by atoms with Gasteiger partial charge in [0, 0.05) is 18.6 Å². The lowest BCUT2D eigenvalue weighted by Gasteiger charge is -2.16. The summed E-state index contributed by atoms with van der Waals surface area (Å²) in [5, 5.41) is 8.80. The molecule has 0 radical (unpaired) electrons. The van der Waals surface area contributed by atoms with Gasteiger partial charge in [0.05, 0.1) is 5.75 Å². The van der Waals surface area contributed by atoms with Crippen molar-refractivity contribution in [1.82, 2.24) is 15.1 Å². The summed E-state index contributed by atoms with van der Waals surface area (Å²) in [4.78, 5) is 13.9. The number of hydrogen-bond donors (Lipinski definition) is 0. The Kier molecular flexibility index (Phi) is 7.11. The van der Waals surface area contributed by atoms with Crippen LogP contribution in [0.5, 0.6) is 5.75 Å². The molecular weight excluding hydrogens is 417 g/mol. The van der Waals surface area contributed by atoms with Gasteiger partial charge in [-0.1, -0.05) is 35.5 Å². The number of ether oxygens (including phenoxy) is 1. The molecule has 1 amide bonds. The Morgan fingerprint density at radius 3 is 2.76 bits per heavy atom. The molecule has 29 heavy (non-hydrogen) atoms. The number of carbonyl (C=O) groups excluding carboxylic acids is 1. The van der Waals surface area contributed by atoms with E-state index in [1.807, 2.05) is 18.2 Å². The number of aromatic nitrogens is 2. The van der Waals surface area contributed by atoms with Crippen LogP contribution >= 0.6 is 23.4 Å². The Labute approximate surface area is 177 Å². The number of benzene rings is 2. The van der Waals surface area contributed by atoms with Crippen LogP contribution in [0, 0.1) is 5.82 Å². The lowest BCUT2D eigenvalue weighted by Crippen LogP contribution is -2.27. The molecule has 0 spiro atoms. The number of halogens is 2. The number of carbonyl (C=O) groups is 1. The predicted molar refractivity (Wildman–Crippen MR) is 108 cm³/mol. The molecule has 1 unspecified atom stereocenters. The van der Waals surface area contributed by atoms with Crippen LogP contribution < -0.4 is 4.74 Å². The number of amides is 1. The summed E-state index contributed by atoms with van der Waals surface area (Å²) in [5.41, 5.74) is 0.949. The Balaban J connectivity index is 1.50. The molecule has 0 N–H and O–H groups in total. The molecule has 1 heterocycles. The summed E-state index contributed by atoms with van der Waals surface area (Å²) in [5.74, 6) is 0.504. The van der Waals surface area contributed by atoms with Crippen molar-refractivity contribution in [2.24, 2.45) is 0 Å². The topological polar surface area (TPSA) is 68.5 Å². The average molecular weight is 436 g/mol. The van der Waals surface area contributed by atoms with E-state index in [1.165, 1.54) is 24.3 Å². The van der Waals surface area contributed by atoms with Gasteiger partial charge in [0.25, 0.3) is 11.1 Å². The molecule has 1 atom stereocenters. The summed E-state index contributed by atoms with van der Waals surface area (Å²) in [6.45, 7) is 2.20. The SMILES string of the molecule is CC(Oc1ccc(F)cc1)c1nnc(SCC(=O)N(C)Cc2cccc(Cl)c2)o1. The van der Waals surface area contributed by atoms with Crippen LogP contribution in [-0.4, -0.2) is 33.8 Å². The van der Waals surface area contributed by atoms with Crippen molar-refractivity contribution in [2.75, 3.05) is 12.8 Å². The average Bonchev–Trinajstić information content (AvgIpc) is 3.17. The Hall–Kier alpha value is -2.58. The van der Waals surface area contributed by atoms with Crippen molar-refractivity contribution in [3.63, 3.8) is 0 Å². The fourth-order valence-electron chi connectivity index (χ4n) is 2.44. The van der Waals surface area contributed by atoms with Crippen LogP contribution in [0.1, 0.15) is 24.5 Å². The molecule has 6 nitrogen and oxygen atoms in total. The first kappa shape index (κ1) is 21.1. The lowest BCUT2D eigenvalue weighted by molar-refractivity contribution is -0.127. The highest BCUT2D eigenvalue weighted by Gasteiger charge is 2.18. The van der Waals surface area contributed by atoms with Crippen molar-refractivity contribution in [2.45, 2.75) is 24.8 Å². The number of thioether (sulfide) groups is 1. The van der Waals surface area contributed by atoms with E-state index >= 15 is 0 Å². The van der Waals surface area contributed by atoms with Crippen molar-refractivity contribution < 1.29 is 18.3 Å². The van der Waals surface area contributed by atoms with E-state index in [0.717, 1.165) is 17.3 Å². The second-order valence-corrected chi connectivity index (χ2v) is 7.65. The van der Waals surface area contributed by atoms with E-state index < -0.39 is 6.10 Å². The molecule has 0 aliphatic rings. The first-order chi connectivity index (χ1) is 13.9. The molecule has 3 rings (SSSR count). The molecule has 0 aliphatic heterocycles. The van der Waals surface area contributed by atoms with Crippen LogP contribution in [0.15, 0.2) is 58.2 Å². The van der Waals surface area contributed by atoms with E-state index in [0.29, 0.717) is 17.3 Å². The molecule has 2 aromatic carbocycles. The second kappa shape index (κ2) is 9.76. The molecule has 0 saturated heterocycles. The van der Waals surface area contributed by atoms with Gasteiger partial charge in [-0.25, -0.2) is 4.39 Å². The summed E-state index contributed by atoms with van der Waals surface area (Å²) in [6.07, 6.45) is -0.511. The highest BCUT2D eigenvalue weighted by molar-refractivity contribution is 7.99. The summed E-state index contributed by atoms with van der Waals surface area (Å²) >= 11 is 7.13.